The van der Waals surface area contributed by atoms with Crippen LogP contribution in [0.4, 0.5) is 0 Å². The van der Waals surface area contributed by atoms with Gasteiger partial charge in [-0.25, -0.2) is 0 Å². The van der Waals surface area contributed by atoms with Crippen molar-refractivity contribution in [2.45, 2.75) is 136 Å². The third-order valence-corrected chi connectivity index (χ3v) is 6.15. The van der Waals surface area contributed by atoms with Crippen LogP contribution in [0.5, 0.6) is 0 Å². The van der Waals surface area contributed by atoms with Crippen LogP contribution < -0.4 is 180 Å². The SMILES string of the molecule is CCCCCCCC[N+](C)(CCCCCCCC)CCCCCCCC.O=S(=O)([O-])[O-].[I-].[I-].[K+].[K+].[Na+]. The van der Waals surface area contributed by atoms with Crippen molar-refractivity contribution in [2.24, 2.45) is 0 Å². The Bertz CT molecular complexity index is 434. The molecule has 0 aliphatic rings. The van der Waals surface area contributed by atoms with Crippen molar-refractivity contribution in [1.29, 1.82) is 0 Å². The molecule has 0 N–H and O–H groups in total. The number of nitrogens with zero attached hydrogens (tertiary/aromatic N) is 1. The topological polar surface area (TPSA) is 80.3 Å². The van der Waals surface area contributed by atoms with E-state index in [1.807, 2.05) is 0 Å². The van der Waals surface area contributed by atoms with Crippen LogP contribution in [0.2, 0.25) is 0 Å². The van der Waals surface area contributed by atoms with E-state index in [9.17, 15) is 0 Å². The van der Waals surface area contributed by atoms with Gasteiger partial charge in [0.25, 0.3) is 0 Å². The monoisotopic (exact) mass is 819 g/mol. The fourth-order valence-corrected chi connectivity index (χ4v) is 4.16. The van der Waals surface area contributed by atoms with Crippen LogP contribution in [0.15, 0.2) is 0 Å². The minimum atomic E-state index is -5.17. The largest absolute Gasteiger partial charge is 1.00 e. The van der Waals surface area contributed by atoms with E-state index in [-0.39, 0.29) is 180 Å². The fourth-order valence-electron chi connectivity index (χ4n) is 4.16. The number of rotatable bonds is 21. The summed E-state index contributed by atoms with van der Waals surface area (Å²) in [5, 5.41) is 0. The van der Waals surface area contributed by atoms with Gasteiger partial charge in [0.2, 0.25) is 0 Å². The molecule has 0 aromatic carbocycles. The first-order chi connectivity index (χ1) is 14.7. The van der Waals surface area contributed by atoms with Crippen molar-refractivity contribution in [1.82, 2.24) is 0 Å². The Kier molecular flexibility index (Phi) is 67.9. The Morgan fingerprint density at radius 3 is 0.861 bits per heavy atom. The van der Waals surface area contributed by atoms with E-state index in [4.69, 9.17) is 17.5 Å². The molecule has 0 aliphatic carbocycles. The quantitative estimate of drug-likeness (QED) is 0.0289. The van der Waals surface area contributed by atoms with Crippen LogP contribution in [0.3, 0.4) is 0 Å². The van der Waals surface area contributed by atoms with Gasteiger partial charge in [-0.3, -0.25) is 8.42 Å². The Hall–Kier alpha value is 5.56. The molecule has 5 nitrogen and oxygen atoms in total. The molecule has 0 amide bonds. The molecule has 0 aliphatic heterocycles. The van der Waals surface area contributed by atoms with Crippen LogP contribution in [0.1, 0.15) is 136 Å². The van der Waals surface area contributed by atoms with Crippen molar-refractivity contribution in [3.63, 3.8) is 0 Å². The van der Waals surface area contributed by atoms with Crippen LogP contribution in [-0.4, -0.2) is 48.7 Å². The molecular weight excluding hydrogens is 765 g/mol. The van der Waals surface area contributed by atoms with Crippen molar-refractivity contribution < 1.29 is 202 Å². The zero-order valence-corrected chi connectivity index (χ0v) is 38.5. The van der Waals surface area contributed by atoms with E-state index < -0.39 is 10.4 Å². The second-order valence-electron chi connectivity index (χ2n) is 9.50. The molecule has 0 heterocycles. The van der Waals surface area contributed by atoms with Crippen molar-refractivity contribution in [3.8, 4) is 0 Å². The summed E-state index contributed by atoms with van der Waals surface area (Å²) < 4.78 is 35.4. The number of hydrogen-bond acceptors (Lipinski definition) is 4. The molecule has 0 fully saturated rings. The average molecular weight is 820 g/mol. The van der Waals surface area contributed by atoms with Gasteiger partial charge in [-0.15, -0.1) is 0 Å². The van der Waals surface area contributed by atoms with Gasteiger partial charge in [0.1, 0.15) is 0 Å². The van der Waals surface area contributed by atoms with Crippen LogP contribution in [0, 0.1) is 0 Å². The summed E-state index contributed by atoms with van der Waals surface area (Å²) in [6.45, 7) is 11.2. The van der Waals surface area contributed by atoms with Crippen molar-refractivity contribution in [3.05, 3.63) is 0 Å². The summed E-state index contributed by atoms with van der Waals surface area (Å²) in [6, 6.07) is 0. The maximum Gasteiger partial charge on any atom is 1.00 e. The summed E-state index contributed by atoms with van der Waals surface area (Å²) >= 11 is 0. The van der Waals surface area contributed by atoms with E-state index in [2.05, 4.69) is 27.8 Å². The molecule has 0 aromatic rings. The Morgan fingerprint density at radius 1 is 0.500 bits per heavy atom. The summed E-state index contributed by atoms with van der Waals surface area (Å²) in [6.07, 6.45) is 25.9. The van der Waals surface area contributed by atoms with Crippen LogP contribution >= 0.6 is 0 Å². The Morgan fingerprint density at radius 2 is 0.667 bits per heavy atom. The molecule has 11 heteroatoms. The number of unbranched alkanes of at least 4 members (excludes halogenated alkanes) is 15. The fraction of sp³-hybridized carbons (Fsp3) is 1.00. The van der Waals surface area contributed by atoms with Gasteiger partial charge in [-0.2, -0.15) is 0 Å². The van der Waals surface area contributed by atoms with E-state index in [0.29, 0.717) is 0 Å². The van der Waals surface area contributed by atoms with Gasteiger partial charge in [0.05, 0.1) is 26.7 Å². The van der Waals surface area contributed by atoms with Gasteiger partial charge in [0.15, 0.2) is 0 Å². The smallest absolute Gasteiger partial charge is 1.00 e. The maximum atomic E-state index is 8.52. The molecule has 0 atom stereocenters. The first kappa shape index (κ1) is 57.2. The minimum Gasteiger partial charge on any atom is -1.00 e. The third-order valence-electron chi connectivity index (χ3n) is 6.15. The molecule has 0 rings (SSSR count). The molecule has 0 spiro atoms. The zero-order chi connectivity index (χ0) is 23.8. The van der Waals surface area contributed by atoms with Gasteiger partial charge >= 0.3 is 132 Å². The Balaban J connectivity index is -0.000000152. The predicted octanol–water partition coefficient (Wildman–Crippen LogP) is -7.80. The van der Waals surface area contributed by atoms with Crippen LogP contribution in [0.25, 0.3) is 0 Å². The third kappa shape index (κ3) is 55.5. The standard InChI is InChI=1S/C25H54N.2HI.2K.Na.H2O4S/c1-5-8-11-14-17-20-23-26(4,24-21-18-15-12-9-6-2)25-22-19-16-13-10-7-3;;;;;;1-5(2,3)4/h5-25H2,1-4H3;2*1H;;;;(H2,1,2,3,4)/q+1;;;3*+1;/p-4. The first-order valence-electron chi connectivity index (χ1n) is 13.2. The van der Waals surface area contributed by atoms with Crippen LogP contribution in [-0.2, 0) is 10.4 Å². The van der Waals surface area contributed by atoms with Gasteiger partial charge in [0, 0.05) is 10.4 Å². The van der Waals surface area contributed by atoms with E-state index in [0.717, 1.165) is 0 Å². The molecule has 36 heavy (non-hydrogen) atoms. The molecular formula is C25H54I2K2NNaO4S. The summed E-state index contributed by atoms with van der Waals surface area (Å²) in [5.41, 5.74) is 0. The molecule has 0 saturated heterocycles. The zero-order valence-electron chi connectivity index (χ0n) is 25.1. The molecule has 206 valence electrons. The molecule has 0 unspecified atom stereocenters. The normalized spacial score (nSPS) is 10.3. The average Bonchev–Trinajstić information content (AvgIpc) is 2.69. The summed E-state index contributed by atoms with van der Waals surface area (Å²) in [4.78, 5) is 0. The second kappa shape index (κ2) is 42.7. The van der Waals surface area contributed by atoms with Gasteiger partial charge in [-0.1, -0.05) is 97.8 Å². The maximum absolute atomic E-state index is 8.52. The molecule has 0 radical (unpaired) electrons. The number of halogens is 2. The minimum absolute atomic E-state index is 0. The van der Waals surface area contributed by atoms with Crippen molar-refractivity contribution >= 4 is 10.4 Å². The Labute approximate surface area is 368 Å². The first-order valence-corrected chi connectivity index (χ1v) is 14.5. The van der Waals surface area contributed by atoms with Gasteiger partial charge < -0.3 is 61.5 Å². The molecule has 0 aromatic heterocycles. The summed E-state index contributed by atoms with van der Waals surface area (Å²) in [5.74, 6) is 0. The predicted molar refractivity (Wildman–Crippen MR) is 131 cm³/mol. The second-order valence-corrected chi connectivity index (χ2v) is 10.3. The van der Waals surface area contributed by atoms with E-state index in [1.165, 1.54) is 140 Å². The number of hydrogen-bond donors (Lipinski definition) is 0. The van der Waals surface area contributed by atoms with Gasteiger partial charge in [-0.05, 0) is 38.5 Å². The van der Waals surface area contributed by atoms with E-state index in [1.54, 1.807) is 0 Å². The molecule has 0 saturated carbocycles. The van der Waals surface area contributed by atoms with E-state index >= 15 is 0 Å². The summed E-state index contributed by atoms with van der Waals surface area (Å²) in [7, 11) is -2.61. The molecule has 0 bridgehead atoms. The van der Waals surface area contributed by atoms with Crippen molar-refractivity contribution in [2.75, 3.05) is 26.7 Å². The number of quaternary nitrogens is 1.